The van der Waals surface area contributed by atoms with E-state index in [1.165, 1.54) is 6.42 Å². The fourth-order valence-electron chi connectivity index (χ4n) is 3.11. The molecule has 0 atom stereocenters. The highest BCUT2D eigenvalue weighted by Crippen LogP contribution is 2.27. The predicted octanol–water partition coefficient (Wildman–Crippen LogP) is 2.75. The van der Waals surface area contributed by atoms with Crippen molar-refractivity contribution >= 4 is 10.0 Å². The van der Waals surface area contributed by atoms with Crippen LogP contribution in [0.25, 0.3) is 0 Å². The maximum atomic E-state index is 12.8. The third-order valence-corrected chi connectivity index (χ3v) is 6.25. The molecule has 2 rings (SSSR count). The number of sulfonamides is 1. The van der Waals surface area contributed by atoms with Crippen molar-refractivity contribution in [2.24, 2.45) is 0 Å². The zero-order valence-corrected chi connectivity index (χ0v) is 13.8. The van der Waals surface area contributed by atoms with Crippen LogP contribution in [0.4, 0.5) is 0 Å². The second-order valence-corrected chi connectivity index (χ2v) is 7.57. The van der Waals surface area contributed by atoms with E-state index in [4.69, 9.17) is 0 Å². The smallest absolute Gasteiger partial charge is 0.243 e. The molecule has 0 heterocycles. The van der Waals surface area contributed by atoms with Gasteiger partial charge in [-0.1, -0.05) is 38.3 Å². The Morgan fingerprint density at radius 2 is 1.76 bits per heavy atom. The lowest BCUT2D eigenvalue weighted by atomic mass is 9.95. The summed E-state index contributed by atoms with van der Waals surface area (Å²) in [6.07, 6.45) is 5.48. The van der Waals surface area contributed by atoms with Crippen molar-refractivity contribution in [2.45, 2.75) is 56.5 Å². The Balaban J connectivity index is 2.21. The molecule has 0 aliphatic heterocycles. The van der Waals surface area contributed by atoms with E-state index >= 15 is 0 Å². The molecule has 0 unspecified atom stereocenters. The largest absolute Gasteiger partial charge is 0.316 e. The summed E-state index contributed by atoms with van der Waals surface area (Å²) < 4.78 is 27.4. The van der Waals surface area contributed by atoms with Gasteiger partial charge in [0.1, 0.15) is 0 Å². The van der Waals surface area contributed by atoms with Crippen LogP contribution in [0, 0.1) is 0 Å². The maximum absolute atomic E-state index is 12.8. The van der Waals surface area contributed by atoms with E-state index < -0.39 is 10.0 Å². The molecule has 1 aliphatic rings. The summed E-state index contributed by atoms with van der Waals surface area (Å²) >= 11 is 0. The summed E-state index contributed by atoms with van der Waals surface area (Å²) in [6, 6.07) is 7.41. The highest BCUT2D eigenvalue weighted by Gasteiger charge is 2.30. The third kappa shape index (κ3) is 3.84. The molecule has 1 fully saturated rings. The van der Waals surface area contributed by atoms with Crippen LogP contribution in [0.1, 0.15) is 44.6 Å². The molecule has 0 amide bonds. The Morgan fingerprint density at radius 3 is 2.29 bits per heavy atom. The Bertz CT molecular complexity index is 534. The van der Waals surface area contributed by atoms with E-state index in [1.54, 1.807) is 16.4 Å². The Kier molecular flexibility index (Phi) is 5.79. The van der Waals surface area contributed by atoms with Gasteiger partial charge in [0.2, 0.25) is 10.0 Å². The van der Waals surface area contributed by atoms with Crippen LogP contribution in [-0.4, -0.2) is 32.4 Å². The van der Waals surface area contributed by atoms with Gasteiger partial charge in [-0.15, -0.1) is 0 Å². The first-order valence-electron chi connectivity index (χ1n) is 7.85. The van der Waals surface area contributed by atoms with Crippen molar-refractivity contribution in [3.05, 3.63) is 29.8 Å². The van der Waals surface area contributed by atoms with Gasteiger partial charge < -0.3 is 5.32 Å². The number of hydrogen-bond acceptors (Lipinski definition) is 3. The molecule has 1 saturated carbocycles. The molecule has 1 aromatic carbocycles. The van der Waals surface area contributed by atoms with Crippen LogP contribution < -0.4 is 5.32 Å². The third-order valence-electron chi connectivity index (χ3n) is 4.20. The number of nitrogens with one attached hydrogen (secondary N) is 1. The van der Waals surface area contributed by atoms with Crippen LogP contribution in [0.5, 0.6) is 0 Å². The monoisotopic (exact) mass is 310 g/mol. The highest BCUT2D eigenvalue weighted by molar-refractivity contribution is 7.89. The zero-order chi connectivity index (χ0) is 15.3. The van der Waals surface area contributed by atoms with E-state index in [9.17, 15) is 8.42 Å². The van der Waals surface area contributed by atoms with Crippen molar-refractivity contribution in [3.63, 3.8) is 0 Å². The minimum Gasteiger partial charge on any atom is -0.316 e. The summed E-state index contributed by atoms with van der Waals surface area (Å²) in [5, 5.41) is 3.07. The van der Waals surface area contributed by atoms with Crippen LogP contribution in [0.2, 0.25) is 0 Å². The molecule has 0 saturated heterocycles. The van der Waals surface area contributed by atoms with Crippen molar-refractivity contribution in [1.29, 1.82) is 0 Å². The van der Waals surface area contributed by atoms with Crippen molar-refractivity contribution < 1.29 is 8.42 Å². The molecule has 1 aliphatic carbocycles. The summed E-state index contributed by atoms with van der Waals surface area (Å²) in [5.74, 6) is 0. The van der Waals surface area contributed by atoms with E-state index in [-0.39, 0.29) is 6.04 Å². The average Bonchev–Trinajstić information content (AvgIpc) is 2.50. The molecule has 0 spiro atoms. The highest BCUT2D eigenvalue weighted by atomic mass is 32.2. The fraction of sp³-hybridized carbons (Fsp3) is 0.625. The van der Waals surface area contributed by atoms with Gasteiger partial charge in [-0.25, -0.2) is 8.42 Å². The molecular weight excluding hydrogens is 284 g/mol. The van der Waals surface area contributed by atoms with Gasteiger partial charge in [-0.3, -0.25) is 0 Å². The zero-order valence-electron chi connectivity index (χ0n) is 13.0. The molecule has 1 aromatic rings. The van der Waals surface area contributed by atoms with Gasteiger partial charge in [-0.05, 0) is 37.6 Å². The van der Waals surface area contributed by atoms with Crippen molar-refractivity contribution in [1.82, 2.24) is 9.62 Å². The van der Waals surface area contributed by atoms with Gasteiger partial charge in [0, 0.05) is 19.1 Å². The van der Waals surface area contributed by atoms with Gasteiger partial charge in [0.25, 0.3) is 0 Å². The lowest BCUT2D eigenvalue weighted by Gasteiger charge is -2.32. The number of hydrogen-bond donors (Lipinski definition) is 1. The lowest BCUT2D eigenvalue weighted by molar-refractivity contribution is 0.261. The van der Waals surface area contributed by atoms with Gasteiger partial charge in [0.05, 0.1) is 4.90 Å². The molecule has 1 N–H and O–H groups in total. The summed E-state index contributed by atoms with van der Waals surface area (Å²) in [6.45, 7) is 3.23. The minimum atomic E-state index is -3.37. The maximum Gasteiger partial charge on any atom is 0.243 e. The van der Waals surface area contributed by atoms with E-state index in [1.807, 2.05) is 26.1 Å². The number of rotatable bonds is 6. The summed E-state index contributed by atoms with van der Waals surface area (Å²) in [4.78, 5) is 0.412. The topological polar surface area (TPSA) is 49.4 Å². The standard InChI is InChI=1S/C16H26N2O2S/c1-3-18(15-7-5-4-6-8-15)21(19,20)16-11-9-14(10-12-16)13-17-2/h9-12,15,17H,3-8,13H2,1-2H3. The molecular formula is C16H26N2O2S. The first-order chi connectivity index (χ1) is 10.1. The Hall–Kier alpha value is -0.910. The van der Waals surface area contributed by atoms with Gasteiger partial charge in [-0.2, -0.15) is 4.31 Å². The van der Waals surface area contributed by atoms with Crippen molar-refractivity contribution in [3.8, 4) is 0 Å². The Labute approximate surface area is 128 Å². The van der Waals surface area contributed by atoms with E-state index in [0.717, 1.165) is 37.8 Å². The Morgan fingerprint density at radius 1 is 1.14 bits per heavy atom. The quantitative estimate of drug-likeness (QED) is 0.879. The number of benzene rings is 1. The lowest BCUT2D eigenvalue weighted by Crippen LogP contribution is -2.41. The summed E-state index contributed by atoms with van der Waals surface area (Å²) in [5.41, 5.74) is 1.09. The normalized spacial score (nSPS) is 17.3. The minimum absolute atomic E-state index is 0.172. The molecule has 0 aromatic heterocycles. The predicted molar refractivity (Wildman–Crippen MR) is 85.6 cm³/mol. The molecule has 118 valence electrons. The molecule has 4 nitrogen and oxygen atoms in total. The molecule has 5 heteroatoms. The molecule has 0 radical (unpaired) electrons. The second-order valence-electron chi connectivity index (χ2n) is 5.67. The van der Waals surface area contributed by atoms with Gasteiger partial charge in [0.15, 0.2) is 0 Å². The first kappa shape index (κ1) is 16.5. The SMILES string of the molecule is CCN(C1CCCCC1)S(=O)(=O)c1ccc(CNC)cc1. The van der Waals surface area contributed by atoms with E-state index in [2.05, 4.69) is 5.32 Å². The van der Waals surface area contributed by atoms with Crippen LogP contribution in [0.3, 0.4) is 0 Å². The van der Waals surface area contributed by atoms with Crippen LogP contribution in [0.15, 0.2) is 29.2 Å². The van der Waals surface area contributed by atoms with E-state index in [0.29, 0.717) is 11.4 Å². The van der Waals surface area contributed by atoms with Crippen LogP contribution in [-0.2, 0) is 16.6 Å². The van der Waals surface area contributed by atoms with Crippen molar-refractivity contribution in [2.75, 3.05) is 13.6 Å². The molecule has 21 heavy (non-hydrogen) atoms. The second kappa shape index (κ2) is 7.38. The fourth-order valence-corrected chi connectivity index (χ4v) is 4.81. The van der Waals surface area contributed by atoms with Gasteiger partial charge >= 0.3 is 0 Å². The molecule has 0 bridgehead atoms. The summed E-state index contributed by atoms with van der Waals surface area (Å²) in [7, 11) is -1.49. The average molecular weight is 310 g/mol. The first-order valence-corrected chi connectivity index (χ1v) is 9.29. The van der Waals surface area contributed by atoms with Crippen LogP contribution >= 0.6 is 0 Å². The number of nitrogens with zero attached hydrogens (tertiary/aromatic N) is 1.